The van der Waals surface area contributed by atoms with Crippen LogP contribution in [0.25, 0.3) is 0 Å². The number of benzene rings is 1. The topological polar surface area (TPSA) is 68.5 Å². The number of carboxylic acids is 1. The van der Waals surface area contributed by atoms with E-state index in [1.54, 1.807) is 30.1 Å². The van der Waals surface area contributed by atoms with Gasteiger partial charge in [-0.05, 0) is 31.6 Å². The molecular weight excluding hydrogens is 292 g/mol. The van der Waals surface area contributed by atoms with Crippen LogP contribution in [0, 0.1) is 0 Å². The fourth-order valence-electron chi connectivity index (χ4n) is 1.53. The van der Waals surface area contributed by atoms with Crippen LogP contribution >= 0.6 is 11.6 Å². The summed E-state index contributed by atoms with van der Waals surface area (Å²) in [6.45, 7) is 7.14. The van der Waals surface area contributed by atoms with Crippen LogP contribution in [-0.4, -0.2) is 36.1 Å². The van der Waals surface area contributed by atoms with Crippen LogP contribution in [-0.2, 0) is 0 Å². The number of hydrazone groups is 2. The van der Waals surface area contributed by atoms with Crippen molar-refractivity contribution in [3.05, 3.63) is 40.6 Å². The van der Waals surface area contributed by atoms with Crippen molar-refractivity contribution >= 4 is 36.3 Å². The van der Waals surface area contributed by atoms with Gasteiger partial charge in [-0.1, -0.05) is 23.7 Å². The molecular formula is C14H17ClN4O2. The van der Waals surface area contributed by atoms with Gasteiger partial charge in [0.1, 0.15) is 17.2 Å². The molecule has 0 spiro atoms. The summed E-state index contributed by atoms with van der Waals surface area (Å²) >= 11 is 6.08. The van der Waals surface area contributed by atoms with Crippen LogP contribution in [0.2, 0.25) is 0 Å². The maximum atomic E-state index is 11.2. The highest BCUT2D eigenvalue weighted by atomic mass is 35.5. The molecule has 0 bridgehead atoms. The minimum absolute atomic E-state index is 0.0815. The molecule has 7 heteroatoms. The molecule has 0 radical (unpaired) electrons. The van der Waals surface area contributed by atoms with Crippen LogP contribution in [0.5, 0.6) is 0 Å². The van der Waals surface area contributed by atoms with Crippen molar-refractivity contribution in [2.75, 3.05) is 12.2 Å². The highest BCUT2D eigenvalue weighted by Crippen LogP contribution is 2.21. The monoisotopic (exact) mass is 308 g/mol. The standard InChI is InChI=1S/C14H17ClN4O2/c1-10(2)13(15)18(4)9-17-19(16-3)12-8-6-5-7-11(12)14(20)21/h5-9H,3H2,1-2,4H3,(H,20,21)/b17-9+. The molecule has 0 amide bonds. The van der Waals surface area contributed by atoms with Crippen LogP contribution in [0.3, 0.4) is 0 Å². The third-order valence-electron chi connectivity index (χ3n) is 2.54. The number of aromatic carboxylic acids is 1. The van der Waals surface area contributed by atoms with Crippen LogP contribution in [0.15, 0.2) is 45.2 Å². The molecule has 1 N–H and O–H groups in total. The van der Waals surface area contributed by atoms with Crippen molar-refractivity contribution in [1.29, 1.82) is 0 Å². The molecule has 0 fully saturated rings. The van der Waals surface area contributed by atoms with Gasteiger partial charge in [-0.3, -0.25) is 0 Å². The van der Waals surface area contributed by atoms with Gasteiger partial charge in [0.15, 0.2) is 0 Å². The Morgan fingerprint density at radius 2 is 2.00 bits per heavy atom. The van der Waals surface area contributed by atoms with Gasteiger partial charge in [-0.25, -0.2) is 4.79 Å². The molecule has 21 heavy (non-hydrogen) atoms. The Balaban J connectivity index is 3.08. The Hall–Kier alpha value is -2.34. The normalized spacial score (nSPS) is 10.3. The second kappa shape index (κ2) is 7.44. The molecule has 0 aliphatic carbocycles. The van der Waals surface area contributed by atoms with E-state index in [0.717, 1.165) is 10.7 Å². The van der Waals surface area contributed by atoms with Crippen molar-refractivity contribution < 1.29 is 9.90 Å². The second-order valence-corrected chi connectivity index (χ2v) is 4.74. The van der Waals surface area contributed by atoms with Gasteiger partial charge in [0.25, 0.3) is 0 Å². The Kier molecular flexibility index (Phi) is 5.92. The molecule has 0 saturated heterocycles. The highest BCUT2D eigenvalue weighted by molar-refractivity contribution is 6.30. The zero-order chi connectivity index (χ0) is 16.0. The largest absolute Gasteiger partial charge is 0.478 e. The number of carboxylic acid groups (broad SMARTS) is 1. The van der Waals surface area contributed by atoms with Crippen molar-refractivity contribution in [2.45, 2.75) is 13.8 Å². The fourth-order valence-corrected chi connectivity index (χ4v) is 1.58. The minimum Gasteiger partial charge on any atom is -0.478 e. The van der Waals surface area contributed by atoms with E-state index in [1.165, 1.54) is 12.4 Å². The lowest BCUT2D eigenvalue weighted by Gasteiger charge is -2.17. The van der Waals surface area contributed by atoms with Gasteiger partial charge in [0.05, 0.1) is 5.56 Å². The maximum absolute atomic E-state index is 11.2. The summed E-state index contributed by atoms with van der Waals surface area (Å²) in [6.07, 6.45) is 1.43. The fraction of sp³-hybridized carbons (Fsp3) is 0.214. The number of carbonyl (C=O) groups is 1. The predicted octanol–water partition coefficient (Wildman–Crippen LogP) is 3.17. The van der Waals surface area contributed by atoms with Crippen molar-refractivity contribution in [3.8, 4) is 0 Å². The molecule has 0 unspecified atom stereocenters. The first-order chi connectivity index (χ1) is 9.88. The van der Waals surface area contributed by atoms with Crippen molar-refractivity contribution in [3.63, 3.8) is 0 Å². The molecule has 0 saturated carbocycles. The zero-order valence-corrected chi connectivity index (χ0v) is 12.9. The van der Waals surface area contributed by atoms with Gasteiger partial charge < -0.3 is 10.0 Å². The summed E-state index contributed by atoms with van der Waals surface area (Å²) in [6, 6.07) is 6.39. The summed E-state index contributed by atoms with van der Waals surface area (Å²) in [7, 11) is 1.73. The molecule has 1 aromatic rings. The summed E-state index contributed by atoms with van der Waals surface area (Å²) in [5.41, 5.74) is 1.32. The average molecular weight is 309 g/mol. The van der Waals surface area contributed by atoms with E-state index in [2.05, 4.69) is 16.9 Å². The van der Waals surface area contributed by atoms with E-state index in [-0.39, 0.29) is 5.56 Å². The van der Waals surface area contributed by atoms with Gasteiger partial charge in [-0.2, -0.15) is 5.10 Å². The van der Waals surface area contributed by atoms with Gasteiger partial charge in [0.2, 0.25) is 0 Å². The second-order valence-electron chi connectivity index (χ2n) is 4.39. The molecule has 0 aliphatic heterocycles. The van der Waals surface area contributed by atoms with E-state index in [4.69, 9.17) is 16.7 Å². The Bertz CT molecular complexity index is 594. The first-order valence-electron chi connectivity index (χ1n) is 6.07. The lowest BCUT2D eigenvalue weighted by atomic mass is 10.2. The number of hydrogen-bond donors (Lipinski definition) is 1. The number of rotatable bonds is 6. The molecule has 0 aromatic heterocycles. The predicted molar refractivity (Wildman–Crippen MR) is 85.9 cm³/mol. The lowest BCUT2D eigenvalue weighted by molar-refractivity contribution is 0.0697. The Morgan fingerprint density at radius 1 is 1.38 bits per heavy atom. The molecule has 1 aromatic carbocycles. The molecule has 112 valence electrons. The molecule has 0 atom stereocenters. The number of allylic oxidation sites excluding steroid dienone is 1. The zero-order valence-electron chi connectivity index (χ0n) is 12.1. The van der Waals surface area contributed by atoms with E-state index < -0.39 is 5.97 Å². The third kappa shape index (κ3) is 4.32. The van der Waals surface area contributed by atoms with Gasteiger partial charge >= 0.3 is 5.97 Å². The van der Waals surface area contributed by atoms with Crippen LogP contribution in [0.1, 0.15) is 24.2 Å². The van der Waals surface area contributed by atoms with E-state index >= 15 is 0 Å². The third-order valence-corrected chi connectivity index (χ3v) is 3.18. The summed E-state index contributed by atoms with van der Waals surface area (Å²) in [5, 5.41) is 18.6. The lowest BCUT2D eigenvalue weighted by Crippen LogP contribution is -2.18. The number of nitrogens with zero attached hydrogens (tertiary/aromatic N) is 4. The maximum Gasteiger partial charge on any atom is 0.337 e. The molecule has 0 aliphatic rings. The van der Waals surface area contributed by atoms with Gasteiger partial charge in [0, 0.05) is 13.8 Å². The van der Waals surface area contributed by atoms with Crippen LogP contribution < -0.4 is 5.12 Å². The Morgan fingerprint density at radius 3 is 2.52 bits per heavy atom. The first-order valence-corrected chi connectivity index (χ1v) is 6.45. The smallest absolute Gasteiger partial charge is 0.337 e. The SMILES string of the molecule is C=NN(/N=C/N(C)C(Cl)=C(C)C)c1ccccc1C(=O)O. The first kappa shape index (κ1) is 16.7. The number of halogens is 1. The summed E-state index contributed by atoms with van der Waals surface area (Å²) < 4.78 is 0. The highest BCUT2D eigenvalue weighted by Gasteiger charge is 2.14. The number of hydrogen-bond acceptors (Lipinski definition) is 4. The van der Waals surface area contributed by atoms with E-state index in [0.29, 0.717) is 10.8 Å². The van der Waals surface area contributed by atoms with E-state index in [9.17, 15) is 4.79 Å². The summed E-state index contributed by atoms with van der Waals surface area (Å²) in [5.74, 6) is -1.06. The summed E-state index contributed by atoms with van der Waals surface area (Å²) in [4.78, 5) is 12.8. The molecule has 1 rings (SSSR count). The van der Waals surface area contributed by atoms with Crippen molar-refractivity contribution in [2.24, 2.45) is 10.2 Å². The quantitative estimate of drug-likeness (QED) is 0.379. The van der Waals surface area contributed by atoms with Crippen LogP contribution in [0.4, 0.5) is 5.69 Å². The van der Waals surface area contributed by atoms with E-state index in [1.807, 2.05) is 13.8 Å². The molecule has 6 nitrogen and oxygen atoms in total. The van der Waals surface area contributed by atoms with Crippen molar-refractivity contribution in [1.82, 2.24) is 4.90 Å². The number of para-hydroxylation sites is 1. The molecule has 0 heterocycles. The number of anilines is 1. The Labute approximate surface area is 128 Å². The average Bonchev–Trinajstić information content (AvgIpc) is 2.46. The van der Waals surface area contributed by atoms with Gasteiger partial charge in [-0.15, -0.1) is 10.2 Å². The minimum atomic E-state index is -1.06.